The Hall–Kier alpha value is -0.0800. The second-order valence-corrected chi connectivity index (χ2v) is 4.37. The molecule has 1 N–H and O–H groups in total. The molecule has 0 aliphatic carbocycles. The van der Waals surface area contributed by atoms with Crippen LogP contribution in [-0.4, -0.2) is 36.6 Å². The Morgan fingerprint density at radius 1 is 1.14 bits per heavy atom. The van der Waals surface area contributed by atoms with E-state index >= 15 is 0 Å². The van der Waals surface area contributed by atoms with Crippen LogP contribution >= 0.6 is 0 Å². The van der Waals surface area contributed by atoms with Crippen molar-refractivity contribution in [3.8, 4) is 0 Å². The summed E-state index contributed by atoms with van der Waals surface area (Å²) in [6.45, 7) is 14.7. The van der Waals surface area contributed by atoms with Gasteiger partial charge >= 0.3 is 0 Å². The lowest BCUT2D eigenvalue weighted by molar-refractivity contribution is 0.230. The van der Waals surface area contributed by atoms with Crippen LogP contribution in [0.3, 0.4) is 0 Å². The summed E-state index contributed by atoms with van der Waals surface area (Å²) in [6, 6.07) is 1.34. The lowest BCUT2D eigenvalue weighted by Gasteiger charge is -2.25. The van der Waals surface area contributed by atoms with Crippen molar-refractivity contribution in [3.05, 3.63) is 0 Å². The molecule has 0 spiro atoms. The van der Waals surface area contributed by atoms with E-state index in [0.29, 0.717) is 12.1 Å². The molecule has 1 atom stereocenters. The smallest absolute Gasteiger partial charge is 0.0110 e. The number of nitrogens with one attached hydrogen (secondary N) is 1. The highest BCUT2D eigenvalue weighted by atomic mass is 15.2. The first-order valence-electron chi connectivity index (χ1n) is 6.09. The Kier molecular flexibility index (Phi) is 8.20. The zero-order valence-corrected chi connectivity index (χ0v) is 10.6. The fourth-order valence-corrected chi connectivity index (χ4v) is 1.77. The van der Waals surface area contributed by atoms with E-state index < -0.39 is 0 Å². The normalized spacial score (nSPS) is 13.9. The average Bonchev–Trinajstić information content (AvgIpc) is 2.12. The van der Waals surface area contributed by atoms with E-state index in [2.05, 4.69) is 44.8 Å². The maximum atomic E-state index is 3.56. The Balaban J connectivity index is 3.50. The molecule has 0 rings (SSSR count). The first kappa shape index (κ1) is 13.9. The Labute approximate surface area is 90.1 Å². The maximum Gasteiger partial charge on any atom is 0.0110 e. The topological polar surface area (TPSA) is 15.3 Å². The minimum absolute atomic E-state index is 0.670. The predicted molar refractivity (Wildman–Crippen MR) is 64.8 cm³/mol. The molecule has 0 heterocycles. The van der Waals surface area contributed by atoms with Crippen LogP contribution in [0.1, 0.15) is 47.5 Å². The van der Waals surface area contributed by atoms with Crippen molar-refractivity contribution >= 4 is 0 Å². The number of likely N-dealkylation sites (N-methyl/N-ethyl adjacent to an activating group) is 1. The van der Waals surface area contributed by atoms with Gasteiger partial charge in [-0.2, -0.15) is 0 Å². The van der Waals surface area contributed by atoms with E-state index in [1.807, 2.05) is 0 Å². The van der Waals surface area contributed by atoms with E-state index in [4.69, 9.17) is 0 Å². The molecule has 0 radical (unpaired) electrons. The predicted octanol–water partition coefficient (Wildman–Crippen LogP) is 2.49. The third-order valence-electron chi connectivity index (χ3n) is 2.75. The van der Waals surface area contributed by atoms with Gasteiger partial charge in [0.05, 0.1) is 0 Å². The largest absolute Gasteiger partial charge is 0.313 e. The number of nitrogens with zero attached hydrogens (tertiary/aromatic N) is 1. The first-order valence-corrected chi connectivity index (χ1v) is 6.09. The first-order chi connectivity index (χ1) is 6.61. The molecule has 0 saturated heterocycles. The SMILES string of the molecule is CCCC(C)NCCN(CC)C(C)C. The van der Waals surface area contributed by atoms with Gasteiger partial charge < -0.3 is 5.32 Å². The molecule has 0 aromatic carbocycles. The highest BCUT2D eigenvalue weighted by Crippen LogP contribution is 1.97. The second kappa shape index (κ2) is 8.25. The van der Waals surface area contributed by atoms with Gasteiger partial charge in [0.2, 0.25) is 0 Å². The zero-order chi connectivity index (χ0) is 11.0. The van der Waals surface area contributed by atoms with E-state index in [-0.39, 0.29) is 0 Å². The monoisotopic (exact) mass is 200 g/mol. The lowest BCUT2D eigenvalue weighted by Crippen LogP contribution is -2.39. The summed E-state index contributed by atoms with van der Waals surface area (Å²) in [4.78, 5) is 2.49. The molecule has 1 unspecified atom stereocenters. The van der Waals surface area contributed by atoms with Crippen LogP contribution in [0, 0.1) is 0 Å². The summed E-state index contributed by atoms with van der Waals surface area (Å²) < 4.78 is 0. The number of hydrogen-bond donors (Lipinski definition) is 1. The van der Waals surface area contributed by atoms with Gasteiger partial charge in [-0.25, -0.2) is 0 Å². The lowest BCUT2D eigenvalue weighted by atomic mass is 10.2. The quantitative estimate of drug-likeness (QED) is 0.647. The summed E-state index contributed by atoms with van der Waals surface area (Å²) in [5.41, 5.74) is 0. The van der Waals surface area contributed by atoms with Gasteiger partial charge in [0.1, 0.15) is 0 Å². The minimum atomic E-state index is 0.670. The van der Waals surface area contributed by atoms with Crippen molar-refractivity contribution < 1.29 is 0 Å². The third kappa shape index (κ3) is 6.39. The highest BCUT2D eigenvalue weighted by molar-refractivity contribution is 4.65. The van der Waals surface area contributed by atoms with E-state index in [1.54, 1.807) is 0 Å². The van der Waals surface area contributed by atoms with Crippen LogP contribution in [0.15, 0.2) is 0 Å². The van der Waals surface area contributed by atoms with Crippen LogP contribution < -0.4 is 5.32 Å². The summed E-state index contributed by atoms with van der Waals surface area (Å²) in [5, 5.41) is 3.56. The van der Waals surface area contributed by atoms with Gasteiger partial charge in [-0.3, -0.25) is 4.90 Å². The standard InChI is InChI=1S/C12H28N2/c1-6-8-12(5)13-9-10-14(7-2)11(3)4/h11-13H,6-10H2,1-5H3. The molecule has 0 bridgehead atoms. The fraction of sp³-hybridized carbons (Fsp3) is 1.00. The Morgan fingerprint density at radius 3 is 2.21 bits per heavy atom. The van der Waals surface area contributed by atoms with Gasteiger partial charge in [0.15, 0.2) is 0 Å². The summed E-state index contributed by atoms with van der Waals surface area (Å²) >= 11 is 0. The van der Waals surface area contributed by atoms with E-state index in [9.17, 15) is 0 Å². The molecule has 0 aliphatic rings. The van der Waals surface area contributed by atoms with Gasteiger partial charge in [0.25, 0.3) is 0 Å². The van der Waals surface area contributed by atoms with Crippen molar-refractivity contribution in [2.45, 2.75) is 59.5 Å². The van der Waals surface area contributed by atoms with Gasteiger partial charge in [-0.1, -0.05) is 20.3 Å². The number of hydrogen-bond acceptors (Lipinski definition) is 2. The molecule has 2 nitrogen and oxygen atoms in total. The highest BCUT2D eigenvalue weighted by Gasteiger charge is 2.06. The van der Waals surface area contributed by atoms with Crippen LogP contribution in [0.5, 0.6) is 0 Å². The van der Waals surface area contributed by atoms with Crippen molar-refractivity contribution in [1.82, 2.24) is 10.2 Å². The Morgan fingerprint density at radius 2 is 1.79 bits per heavy atom. The summed E-state index contributed by atoms with van der Waals surface area (Å²) in [5.74, 6) is 0. The summed E-state index contributed by atoms with van der Waals surface area (Å²) in [7, 11) is 0. The maximum absolute atomic E-state index is 3.56. The molecule has 0 fully saturated rings. The molecule has 0 aliphatic heterocycles. The van der Waals surface area contributed by atoms with Crippen molar-refractivity contribution in [3.63, 3.8) is 0 Å². The van der Waals surface area contributed by atoms with E-state index in [1.165, 1.54) is 19.4 Å². The Bertz CT molecular complexity index is 123. The van der Waals surface area contributed by atoms with Crippen LogP contribution in [0.25, 0.3) is 0 Å². The molecule has 0 aromatic rings. The van der Waals surface area contributed by atoms with Crippen molar-refractivity contribution in [2.24, 2.45) is 0 Å². The van der Waals surface area contributed by atoms with Gasteiger partial charge in [-0.05, 0) is 33.7 Å². The van der Waals surface area contributed by atoms with Gasteiger partial charge in [-0.15, -0.1) is 0 Å². The molecule has 86 valence electrons. The molecule has 2 heteroatoms. The third-order valence-corrected chi connectivity index (χ3v) is 2.75. The van der Waals surface area contributed by atoms with Crippen LogP contribution in [0.4, 0.5) is 0 Å². The second-order valence-electron chi connectivity index (χ2n) is 4.37. The molecular formula is C12H28N2. The van der Waals surface area contributed by atoms with Gasteiger partial charge in [0, 0.05) is 25.2 Å². The van der Waals surface area contributed by atoms with Crippen molar-refractivity contribution in [1.29, 1.82) is 0 Å². The molecule has 0 aromatic heterocycles. The number of rotatable bonds is 8. The minimum Gasteiger partial charge on any atom is -0.313 e. The zero-order valence-electron chi connectivity index (χ0n) is 10.6. The van der Waals surface area contributed by atoms with E-state index in [0.717, 1.165) is 13.1 Å². The molecule has 0 amide bonds. The van der Waals surface area contributed by atoms with Crippen LogP contribution in [0.2, 0.25) is 0 Å². The summed E-state index contributed by atoms with van der Waals surface area (Å²) in [6.07, 6.45) is 2.56. The molecular weight excluding hydrogens is 172 g/mol. The molecule has 0 saturated carbocycles. The van der Waals surface area contributed by atoms with Crippen molar-refractivity contribution in [2.75, 3.05) is 19.6 Å². The fourth-order valence-electron chi connectivity index (χ4n) is 1.77. The van der Waals surface area contributed by atoms with Crippen LogP contribution in [-0.2, 0) is 0 Å². The molecule has 14 heavy (non-hydrogen) atoms. The average molecular weight is 200 g/mol.